The number of piperidine rings is 1. The smallest absolute Gasteiger partial charge is 0.249 e. The number of halogens is 1. The summed E-state index contributed by atoms with van der Waals surface area (Å²) in [6, 6.07) is 3.45. The Morgan fingerprint density at radius 2 is 2.25 bits per heavy atom. The van der Waals surface area contributed by atoms with Gasteiger partial charge in [0.05, 0.1) is 3.79 Å². The number of rotatable bonds is 5. The number of hydrogen-bond acceptors (Lipinski definition) is 4. The molecular formula is C13H15BrN2O3S. The molecule has 0 bridgehead atoms. The molecule has 0 spiro atoms. The van der Waals surface area contributed by atoms with Gasteiger partial charge in [-0.3, -0.25) is 19.7 Å². The molecule has 1 fully saturated rings. The SMILES string of the molecule is O=C1CCC(NC(=O)CCCc2ccc(Br)s2)C(=O)N1. The van der Waals surface area contributed by atoms with Crippen molar-refractivity contribution in [2.45, 2.75) is 38.1 Å². The van der Waals surface area contributed by atoms with Gasteiger partial charge in [0, 0.05) is 17.7 Å². The van der Waals surface area contributed by atoms with Gasteiger partial charge < -0.3 is 5.32 Å². The summed E-state index contributed by atoms with van der Waals surface area (Å²) < 4.78 is 1.08. The van der Waals surface area contributed by atoms with Crippen LogP contribution in [0.25, 0.3) is 0 Å². The molecular weight excluding hydrogens is 344 g/mol. The van der Waals surface area contributed by atoms with Gasteiger partial charge in [0.2, 0.25) is 17.7 Å². The summed E-state index contributed by atoms with van der Waals surface area (Å²) >= 11 is 5.06. The Labute approximate surface area is 129 Å². The van der Waals surface area contributed by atoms with Crippen LogP contribution in [-0.4, -0.2) is 23.8 Å². The predicted molar refractivity (Wildman–Crippen MR) is 79.3 cm³/mol. The Balaban J connectivity index is 1.70. The summed E-state index contributed by atoms with van der Waals surface area (Å²) in [4.78, 5) is 35.5. The Hall–Kier alpha value is -1.21. The summed E-state index contributed by atoms with van der Waals surface area (Å²) in [5.41, 5.74) is 0. The lowest BCUT2D eigenvalue weighted by Crippen LogP contribution is -2.52. The molecule has 0 saturated carbocycles. The lowest BCUT2D eigenvalue weighted by Gasteiger charge is -2.21. The van der Waals surface area contributed by atoms with Gasteiger partial charge >= 0.3 is 0 Å². The highest BCUT2D eigenvalue weighted by atomic mass is 79.9. The standard InChI is InChI=1S/C13H15BrN2O3S/c14-10-6-4-8(20-10)2-1-3-11(17)15-9-5-7-12(18)16-13(9)19/h4,6,9H,1-3,5,7H2,(H,15,17)(H,16,18,19). The van der Waals surface area contributed by atoms with E-state index in [1.165, 1.54) is 4.88 Å². The molecule has 1 unspecified atom stereocenters. The molecule has 1 aromatic rings. The van der Waals surface area contributed by atoms with Gasteiger partial charge in [0.1, 0.15) is 6.04 Å². The van der Waals surface area contributed by atoms with Crippen molar-refractivity contribution in [3.63, 3.8) is 0 Å². The van der Waals surface area contributed by atoms with Crippen LogP contribution in [0, 0.1) is 0 Å². The maximum absolute atomic E-state index is 11.8. The van der Waals surface area contributed by atoms with E-state index in [0.717, 1.165) is 16.6 Å². The van der Waals surface area contributed by atoms with Crippen molar-refractivity contribution >= 4 is 45.0 Å². The van der Waals surface area contributed by atoms with Crippen LogP contribution in [-0.2, 0) is 20.8 Å². The van der Waals surface area contributed by atoms with Gasteiger partial charge in [-0.2, -0.15) is 0 Å². The number of carbonyl (C=O) groups is 3. The van der Waals surface area contributed by atoms with Gasteiger partial charge in [-0.05, 0) is 47.3 Å². The van der Waals surface area contributed by atoms with E-state index < -0.39 is 11.9 Å². The van der Waals surface area contributed by atoms with Gasteiger partial charge in [-0.25, -0.2) is 0 Å². The van der Waals surface area contributed by atoms with Crippen molar-refractivity contribution in [3.05, 3.63) is 20.8 Å². The Bertz CT molecular complexity index is 529. The second-order valence-electron chi connectivity index (χ2n) is 4.63. The quantitative estimate of drug-likeness (QED) is 0.787. The number of amides is 3. The largest absolute Gasteiger partial charge is 0.344 e. The third-order valence-corrected chi connectivity index (χ3v) is 4.71. The fourth-order valence-electron chi connectivity index (χ4n) is 2.01. The second kappa shape index (κ2) is 6.99. The highest BCUT2D eigenvalue weighted by Crippen LogP contribution is 2.23. The molecule has 0 radical (unpaired) electrons. The fraction of sp³-hybridized carbons (Fsp3) is 0.462. The van der Waals surface area contributed by atoms with Crippen molar-refractivity contribution < 1.29 is 14.4 Å². The first-order chi connectivity index (χ1) is 9.54. The number of carbonyl (C=O) groups excluding carboxylic acids is 3. The summed E-state index contributed by atoms with van der Waals surface area (Å²) in [7, 11) is 0. The fourth-order valence-corrected chi connectivity index (χ4v) is 3.53. The Morgan fingerprint density at radius 3 is 2.90 bits per heavy atom. The minimum absolute atomic E-state index is 0.143. The third kappa shape index (κ3) is 4.42. The summed E-state index contributed by atoms with van der Waals surface area (Å²) in [5, 5.41) is 4.89. The van der Waals surface area contributed by atoms with Crippen LogP contribution in [0.3, 0.4) is 0 Å². The molecule has 20 heavy (non-hydrogen) atoms. The number of imide groups is 1. The Kier molecular flexibility index (Phi) is 5.31. The van der Waals surface area contributed by atoms with Crippen molar-refractivity contribution in [1.29, 1.82) is 0 Å². The zero-order valence-electron chi connectivity index (χ0n) is 10.8. The second-order valence-corrected chi connectivity index (χ2v) is 7.18. The normalized spacial score (nSPS) is 18.8. The molecule has 1 saturated heterocycles. The van der Waals surface area contributed by atoms with Crippen LogP contribution < -0.4 is 10.6 Å². The Morgan fingerprint density at radius 1 is 1.45 bits per heavy atom. The minimum atomic E-state index is -0.573. The zero-order valence-corrected chi connectivity index (χ0v) is 13.2. The molecule has 2 N–H and O–H groups in total. The molecule has 1 aliphatic heterocycles. The maximum atomic E-state index is 11.8. The van der Waals surface area contributed by atoms with Crippen LogP contribution >= 0.6 is 27.3 Å². The van der Waals surface area contributed by atoms with Crippen molar-refractivity contribution in [1.82, 2.24) is 10.6 Å². The van der Waals surface area contributed by atoms with E-state index >= 15 is 0 Å². The van der Waals surface area contributed by atoms with E-state index in [1.54, 1.807) is 11.3 Å². The molecule has 1 aromatic heterocycles. The molecule has 0 aliphatic carbocycles. The van der Waals surface area contributed by atoms with Crippen LogP contribution in [0.2, 0.25) is 0 Å². The van der Waals surface area contributed by atoms with Crippen LogP contribution in [0.15, 0.2) is 15.9 Å². The van der Waals surface area contributed by atoms with Gasteiger partial charge in [0.15, 0.2) is 0 Å². The number of thiophene rings is 1. The monoisotopic (exact) mass is 358 g/mol. The van der Waals surface area contributed by atoms with Crippen molar-refractivity contribution in [2.75, 3.05) is 0 Å². The molecule has 108 valence electrons. The molecule has 1 aliphatic rings. The lowest BCUT2D eigenvalue weighted by molar-refractivity contribution is -0.137. The number of hydrogen-bond donors (Lipinski definition) is 2. The number of nitrogens with one attached hydrogen (secondary N) is 2. The van der Waals surface area contributed by atoms with E-state index in [9.17, 15) is 14.4 Å². The van der Waals surface area contributed by atoms with E-state index in [2.05, 4.69) is 26.6 Å². The van der Waals surface area contributed by atoms with Crippen LogP contribution in [0.1, 0.15) is 30.6 Å². The highest BCUT2D eigenvalue weighted by Gasteiger charge is 2.27. The maximum Gasteiger partial charge on any atom is 0.249 e. The molecule has 1 atom stereocenters. The van der Waals surface area contributed by atoms with Gasteiger partial charge in [-0.1, -0.05) is 0 Å². The van der Waals surface area contributed by atoms with E-state index in [1.807, 2.05) is 12.1 Å². The first-order valence-electron chi connectivity index (χ1n) is 6.42. The van der Waals surface area contributed by atoms with Crippen molar-refractivity contribution in [3.8, 4) is 0 Å². The topological polar surface area (TPSA) is 75.3 Å². The predicted octanol–water partition coefficient (Wildman–Crippen LogP) is 1.75. The molecule has 2 heterocycles. The molecule has 2 rings (SSSR count). The summed E-state index contributed by atoms with van der Waals surface area (Å²) in [5.74, 6) is -0.823. The highest BCUT2D eigenvalue weighted by molar-refractivity contribution is 9.11. The zero-order chi connectivity index (χ0) is 14.5. The van der Waals surface area contributed by atoms with Crippen LogP contribution in [0.5, 0.6) is 0 Å². The van der Waals surface area contributed by atoms with Crippen molar-refractivity contribution in [2.24, 2.45) is 0 Å². The summed E-state index contributed by atoms with van der Waals surface area (Å²) in [6.07, 6.45) is 2.63. The third-order valence-electron chi connectivity index (χ3n) is 3.03. The molecule has 7 heteroatoms. The molecule has 5 nitrogen and oxygen atoms in total. The van der Waals surface area contributed by atoms with E-state index in [0.29, 0.717) is 12.8 Å². The van der Waals surface area contributed by atoms with Gasteiger partial charge in [-0.15, -0.1) is 11.3 Å². The van der Waals surface area contributed by atoms with Gasteiger partial charge in [0.25, 0.3) is 0 Å². The first-order valence-corrected chi connectivity index (χ1v) is 8.03. The lowest BCUT2D eigenvalue weighted by atomic mass is 10.1. The average molecular weight is 359 g/mol. The first kappa shape index (κ1) is 15.2. The summed E-state index contributed by atoms with van der Waals surface area (Å²) in [6.45, 7) is 0. The van der Waals surface area contributed by atoms with E-state index in [4.69, 9.17) is 0 Å². The molecule has 3 amide bonds. The van der Waals surface area contributed by atoms with E-state index in [-0.39, 0.29) is 18.2 Å². The average Bonchev–Trinajstić information content (AvgIpc) is 2.79. The number of aryl methyl sites for hydroxylation is 1. The minimum Gasteiger partial charge on any atom is -0.344 e. The molecule has 0 aromatic carbocycles. The van der Waals surface area contributed by atoms with Crippen LogP contribution in [0.4, 0.5) is 0 Å².